The van der Waals surface area contributed by atoms with Gasteiger partial charge in [-0.05, 0) is 17.5 Å². The second-order valence-electron chi connectivity index (χ2n) is 3.48. The van der Waals surface area contributed by atoms with E-state index in [2.05, 4.69) is 4.74 Å². The zero-order chi connectivity index (χ0) is 11.5. The van der Waals surface area contributed by atoms with Gasteiger partial charge in [0.25, 0.3) is 0 Å². The lowest BCUT2D eigenvalue weighted by atomic mass is 10.2. The molecular formula is C12H12O3S. The van der Waals surface area contributed by atoms with Gasteiger partial charge in [0.15, 0.2) is 0 Å². The van der Waals surface area contributed by atoms with Crippen LogP contribution in [-0.2, 0) is 9.53 Å². The molecule has 0 aliphatic rings. The standard InChI is InChI=1S/C12H12O3S/c1-15-12(14)7-9(13)11-6-8-4-2-3-5-10(8)16-11/h2-6,9,13H,7H2,1H3/t9-/m1/s1. The Labute approximate surface area is 97.3 Å². The second-order valence-corrected chi connectivity index (χ2v) is 4.60. The summed E-state index contributed by atoms with van der Waals surface area (Å²) in [5.74, 6) is -0.398. The van der Waals surface area contributed by atoms with E-state index in [1.807, 2.05) is 30.3 Å². The molecule has 1 atom stereocenters. The number of carbonyl (C=O) groups is 1. The van der Waals surface area contributed by atoms with Crippen molar-refractivity contribution in [3.63, 3.8) is 0 Å². The Bertz CT molecular complexity index is 471. The van der Waals surface area contributed by atoms with Gasteiger partial charge in [0.05, 0.1) is 19.6 Å². The third-order valence-corrected chi connectivity index (χ3v) is 3.58. The minimum absolute atomic E-state index is 0.00330. The van der Waals surface area contributed by atoms with Crippen molar-refractivity contribution >= 4 is 27.4 Å². The van der Waals surface area contributed by atoms with E-state index >= 15 is 0 Å². The number of aliphatic hydroxyl groups is 1. The predicted molar refractivity (Wildman–Crippen MR) is 63.4 cm³/mol. The maximum Gasteiger partial charge on any atom is 0.308 e. The molecule has 1 N–H and O–H groups in total. The van der Waals surface area contributed by atoms with E-state index in [1.54, 1.807) is 0 Å². The third kappa shape index (κ3) is 2.23. The molecule has 1 heterocycles. The number of hydrogen-bond acceptors (Lipinski definition) is 4. The highest BCUT2D eigenvalue weighted by Gasteiger charge is 2.15. The number of carbonyl (C=O) groups excluding carboxylic acids is 1. The maximum atomic E-state index is 11.0. The molecule has 2 aromatic rings. The van der Waals surface area contributed by atoms with Crippen LogP contribution >= 0.6 is 11.3 Å². The van der Waals surface area contributed by atoms with E-state index in [-0.39, 0.29) is 6.42 Å². The van der Waals surface area contributed by atoms with Crippen LogP contribution in [0.4, 0.5) is 0 Å². The van der Waals surface area contributed by atoms with Crippen molar-refractivity contribution in [2.75, 3.05) is 7.11 Å². The fourth-order valence-corrected chi connectivity index (χ4v) is 2.56. The molecule has 1 aromatic heterocycles. The topological polar surface area (TPSA) is 46.5 Å². The summed E-state index contributed by atoms with van der Waals surface area (Å²) in [7, 11) is 1.32. The molecular weight excluding hydrogens is 224 g/mol. The number of rotatable bonds is 3. The molecule has 0 unspecified atom stereocenters. The molecule has 16 heavy (non-hydrogen) atoms. The van der Waals surface area contributed by atoms with Gasteiger partial charge in [-0.2, -0.15) is 0 Å². The van der Waals surface area contributed by atoms with Crippen LogP contribution < -0.4 is 0 Å². The van der Waals surface area contributed by atoms with Gasteiger partial charge in [-0.1, -0.05) is 18.2 Å². The summed E-state index contributed by atoms with van der Waals surface area (Å²) in [6.45, 7) is 0. The number of aliphatic hydroxyl groups excluding tert-OH is 1. The number of methoxy groups -OCH3 is 1. The summed E-state index contributed by atoms with van der Waals surface area (Å²) < 4.78 is 5.63. The molecule has 84 valence electrons. The Morgan fingerprint density at radius 3 is 2.94 bits per heavy atom. The van der Waals surface area contributed by atoms with Gasteiger partial charge >= 0.3 is 5.97 Å². The van der Waals surface area contributed by atoms with Crippen LogP contribution in [0.25, 0.3) is 10.1 Å². The fraction of sp³-hybridized carbons (Fsp3) is 0.250. The van der Waals surface area contributed by atoms with Crippen molar-refractivity contribution < 1.29 is 14.6 Å². The number of fused-ring (bicyclic) bond motifs is 1. The van der Waals surface area contributed by atoms with Crippen LogP contribution in [0.5, 0.6) is 0 Å². The molecule has 0 aliphatic heterocycles. The zero-order valence-corrected chi connectivity index (χ0v) is 9.66. The summed E-state index contributed by atoms with van der Waals surface area (Å²) in [5.41, 5.74) is 0. The zero-order valence-electron chi connectivity index (χ0n) is 8.84. The van der Waals surface area contributed by atoms with E-state index in [0.717, 1.165) is 15.0 Å². The largest absolute Gasteiger partial charge is 0.469 e. The molecule has 0 aliphatic carbocycles. The Morgan fingerprint density at radius 2 is 2.25 bits per heavy atom. The molecule has 1 aromatic carbocycles. The average Bonchev–Trinajstić information content (AvgIpc) is 2.72. The quantitative estimate of drug-likeness (QED) is 0.833. The van der Waals surface area contributed by atoms with Gasteiger partial charge in [-0.3, -0.25) is 4.79 Å². The third-order valence-electron chi connectivity index (χ3n) is 2.36. The molecule has 3 nitrogen and oxygen atoms in total. The Balaban J connectivity index is 2.23. The van der Waals surface area contributed by atoms with Gasteiger partial charge < -0.3 is 9.84 Å². The van der Waals surface area contributed by atoms with Crippen molar-refractivity contribution in [2.45, 2.75) is 12.5 Å². The van der Waals surface area contributed by atoms with Crippen molar-refractivity contribution in [3.05, 3.63) is 35.2 Å². The summed E-state index contributed by atoms with van der Waals surface area (Å²) in [6, 6.07) is 9.79. The lowest BCUT2D eigenvalue weighted by molar-refractivity contribution is -0.142. The fourth-order valence-electron chi connectivity index (χ4n) is 1.51. The minimum atomic E-state index is -0.773. The molecule has 0 saturated carbocycles. The number of thiophene rings is 1. The van der Waals surface area contributed by atoms with E-state index in [1.165, 1.54) is 18.4 Å². The monoisotopic (exact) mass is 236 g/mol. The molecule has 2 rings (SSSR count). The van der Waals surface area contributed by atoms with E-state index in [0.29, 0.717) is 0 Å². The Kier molecular flexibility index (Phi) is 3.22. The summed E-state index contributed by atoms with van der Waals surface area (Å²) in [6.07, 6.45) is -0.770. The molecule has 0 radical (unpaired) electrons. The summed E-state index contributed by atoms with van der Waals surface area (Å²) in [4.78, 5) is 11.8. The lowest BCUT2D eigenvalue weighted by Crippen LogP contribution is -2.06. The van der Waals surface area contributed by atoms with Crippen LogP contribution in [-0.4, -0.2) is 18.2 Å². The van der Waals surface area contributed by atoms with Crippen LogP contribution in [0.15, 0.2) is 30.3 Å². The summed E-state index contributed by atoms with van der Waals surface area (Å²) >= 11 is 1.50. The Morgan fingerprint density at radius 1 is 1.50 bits per heavy atom. The van der Waals surface area contributed by atoms with Crippen molar-refractivity contribution in [3.8, 4) is 0 Å². The lowest BCUT2D eigenvalue weighted by Gasteiger charge is -2.05. The van der Waals surface area contributed by atoms with Crippen LogP contribution in [0, 0.1) is 0 Å². The highest BCUT2D eigenvalue weighted by Crippen LogP contribution is 2.31. The first-order chi connectivity index (χ1) is 7.70. The predicted octanol–water partition coefficient (Wildman–Crippen LogP) is 2.50. The van der Waals surface area contributed by atoms with Gasteiger partial charge in [0.2, 0.25) is 0 Å². The maximum absolute atomic E-state index is 11.0. The van der Waals surface area contributed by atoms with E-state index in [4.69, 9.17) is 0 Å². The normalized spacial score (nSPS) is 12.6. The first-order valence-electron chi connectivity index (χ1n) is 4.94. The van der Waals surface area contributed by atoms with Crippen molar-refractivity contribution in [2.24, 2.45) is 0 Å². The smallest absolute Gasteiger partial charge is 0.308 e. The van der Waals surface area contributed by atoms with E-state index < -0.39 is 12.1 Å². The SMILES string of the molecule is COC(=O)C[C@@H](O)c1cc2ccccc2s1. The second kappa shape index (κ2) is 4.63. The number of benzene rings is 1. The average molecular weight is 236 g/mol. The first-order valence-corrected chi connectivity index (χ1v) is 5.75. The molecule has 0 bridgehead atoms. The number of hydrogen-bond donors (Lipinski definition) is 1. The molecule has 0 fully saturated rings. The van der Waals surface area contributed by atoms with Gasteiger partial charge in [0, 0.05) is 9.58 Å². The van der Waals surface area contributed by atoms with Crippen LogP contribution in [0.2, 0.25) is 0 Å². The molecule has 0 spiro atoms. The van der Waals surface area contributed by atoms with Crippen LogP contribution in [0.1, 0.15) is 17.4 Å². The molecule has 0 saturated heterocycles. The van der Waals surface area contributed by atoms with Crippen molar-refractivity contribution in [1.82, 2.24) is 0 Å². The van der Waals surface area contributed by atoms with Gasteiger partial charge in [0.1, 0.15) is 0 Å². The van der Waals surface area contributed by atoms with E-state index in [9.17, 15) is 9.90 Å². The molecule has 0 amide bonds. The number of esters is 1. The summed E-state index contributed by atoms with van der Waals surface area (Å²) in [5, 5.41) is 10.9. The van der Waals surface area contributed by atoms with Crippen molar-refractivity contribution in [1.29, 1.82) is 0 Å². The van der Waals surface area contributed by atoms with Crippen LogP contribution in [0.3, 0.4) is 0 Å². The van der Waals surface area contributed by atoms with Gasteiger partial charge in [-0.15, -0.1) is 11.3 Å². The van der Waals surface area contributed by atoms with Gasteiger partial charge in [-0.25, -0.2) is 0 Å². The Hall–Kier alpha value is -1.39. The first kappa shape index (κ1) is 11.1. The number of ether oxygens (including phenoxy) is 1. The minimum Gasteiger partial charge on any atom is -0.469 e. The highest BCUT2D eigenvalue weighted by molar-refractivity contribution is 7.19. The molecule has 4 heteroatoms. The highest BCUT2D eigenvalue weighted by atomic mass is 32.1.